The average molecular weight is 255 g/mol. The number of rotatable bonds is 7. The first kappa shape index (κ1) is 14.6. The van der Waals surface area contributed by atoms with E-state index in [-0.39, 0.29) is 6.61 Å². The third-order valence-electron chi connectivity index (χ3n) is 2.56. The molecule has 0 fully saturated rings. The van der Waals surface area contributed by atoms with E-state index in [1.165, 1.54) is 0 Å². The topological polar surface area (TPSA) is 99.0 Å². The third-order valence-corrected chi connectivity index (χ3v) is 2.56. The summed E-state index contributed by atoms with van der Waals surface area (Å²) in [5.74, 6) is -0.814. The van der Waals surface area contributed by atoms with Crippen molar-refractivity contribution in [2.75, 3.05) is 19.9 Å². The van der Waals surface area contributed by atoms with Crippen molar-refractivity contribution in [3.05, 3.63) is 35.9 Å². The number of aliphatic hydroxyl groups excluding tert-OH is 3. The van der Waals surface area contributed by atoms with E-state index in [0.29, 0.717) is 0 Å². The fourth-order valence-electron chi connectivity index (χ4n) is 1.38. The summed E-state index contributed by atoms with van der Waals surface area (Å²) in [6, 6.07) is 9.02. The standard InChI is InChI=1S/C12H17NO5/c14-7-12(8-15,13-9-16)11(17)18-6-10-4-2-1-3-5-10/h1-5,13-16H,6-9H2. The zero-order valence-corrected chi connectivity index (χ0v) is 9.87. The zero-order valence-electron chi connectivity index (χ0n) is 9.87. The van der Waals surface area contributed by atoms with Crippen molar-refractivity contribution >= 4 is 5.97 Å². The van der Waals surface area contributed by atoms with Crippen molar-refractivity contribution < 1.29 is 24.9 Å². The van der Waals surface area contributed by atoms with Crippen molar-refractivity contribution in [1.29, 1.82) is 0 Å². The number of ether oxygens (including phenoxy) is 1. The Bertz CT molecular complexity index is 364. The van der Waals surface area contributed by atoms with Gasteiger partial charge in [-0.1, -0.05) is 30.3 Å². The van der Waals surface area contributed by atoms with Gasteiger partial charge in [-0.2, -0.15) is 0 Å². The molecule has 100 valence electrons. The van der Waals surface area contributed by atoms with Gasteiger partial charge in [-0.15, -0.1) is 0 Å². The molecule has 4 N–H and O–H groups in total. The molecule has 1 rings (SSSR count). The minimum Gasteiger partial charge on any atom is -0.459 e. The molecular weight excluding hydrogens is 238 g/mol. The van der Waals surface area contributed by atoms with E-state index >= 15 is 0 Å². The molecule has 1 aromatic carbocycles. The molecule has 0 unspecified atom stereocenters. The van der Waals surface area contributed by atoms with Crippen molar-refractivity contribution in [3.63, 3.8) is 0 Å². The van der Waals surface area contributed by atoms with E-state index in [0.717, 1.165) is 5.56 Å². The number of hydrogen-bond acceptors (Lipinski definition) is 6. The summed E-state index contributed by atoms with van der Waals surface area (Å²) in [5.41, 5.74) is -0.886. The number of carbonyl (C=O) groups excluding carboxylic acids is 1. The number of hydrogen-bond donors (Lipinski definition) is 4. The molecule has 0 aliphatic heterocycles. The Hall–Kier alpha value is -1.47. The molecule has 0 aliphatic rings. The predicted molar refractivity (Wildman–Crippen MR) is 63.4 cm³/mol. The summed E-state index contributed by atoms with van der Waals surface area (Å²) in [7, 11) is 0. The van der Waals surface area contributed by atoms with Crippen LogP contribution in [-0.2, 0) is 16.1 Å². The lowest BCUT2D eigenvalue weighted by Crippen LogP contribution is -2.58. The van der Waals surface area contributed by atoms with Gasteiger partial charge in [0, 0.05) is 0 Å². The minimum absolute atomic E-state index is 0.0362. The normalized spacial score (nSPS) is 11.3. The minimum atomic E-state index is -1.68. The molecule has 0 heterocycles. The van der Waals surface area contributed by atoms with Crippen LogP contribution < -0.4 is 5.32 Å². The Morgan fingerprint density at radius 2 is 1.78 bits per heavy atom. The summed E-state index contributed by atoms with van der Waals surface area (Å²) < 4.78 is 5.00. The van der Waals surface area contributed by atoms with Crippen LogP contribution in [0.1, 0.15) is 5.56 Å². The first-order valence-electron chi connectivity index (χ1n) is 5.47. The fourth-order valence-corrected chi connectivity index (χ4v) is 1.38. The van der Waals surface area contributed by atoms with Crippen molar-refractivity contribution in [2.45, 2.75) is 12.1 Å². The fraction of sp³-hybridized carbons (Fsp3) is 0.417. The second kappa shape index (κ2) is 7.07. The molecule has 0 amide bonds. The largest absolute Gasteiger partial charge is 0.459 e. The summed E-state index contributed by atoms with van der Waals surface area (Å²) >= 11 is 0. The van der Waals surface area contributed by atoms with Gasteiger partial charge in [0.05, 0.1) is 19.9 Å². The molecule has 6 heteroatoms. The molecule has 0 saturated carbocycles. The molecule has 0 aliphatic carbocycles. The van der Waals surface area contributed by atoms with Gasteiger partial charge in [0.25, 0.3) is 0 Å². The molecule has 0 spiro atoms. The molecule has 0 aromatic heterocycles. The Morgan fingerprint density at radius 1 is 1.17 bits per heavy atom. The van der Waals surface area contributed by atoms with E-state index in [2.05, 4.69) is 5.32 Å². The molecular formula is C12H17NO5. The molecule has 0 atom stereocenters. The highest BCUT2D eigenvalue weighted by molar-refractivity contribution is 5.81. The van der Waals surface area contributed by atoms with E-state index < -0.39 is 31.5 Å². The lowest BCUT2D eigenvalue weighted by molar-refractivity contribution is -0.158. The predicted octanol–water partition coefficient (Wildman–Crippen LogP) is -1.01. The van der Waals surface area contributed by atoms with Crippen LogP contribution in [0, 0.1) is 0 Å². The van der Waals surface area contributed by atoms with Crippen LogP contribution in [-0.4, -0.2) is 46.8 Å². The monoisotopic (exact) mass is 255 g/mol. The number of benzene rings is 1. The van der Waals surface area contributed by atoms with Gasteiger partial charge in [0.2, 0.25) is 0 Å². The van der Waals surface area contributed by atoms with E-state index in [1.54, 1.807) is 24.3 Å². The second-order valence-corrected chi connectivity index (χ2v) is 3.79. The molecule has 1 aromatic rings. The number of aliphatic hydroxyl groups is 3. The van der Waals surface area contributed by atoms with Crippen LogP contribution in [0.4, 0.5) is 0 Å². The highest BCUT2D eigenvalue weighted by atomic mass is 16.5. The molecule has 0 radical (unpaired) electrons. The maximum Gasteiger partial charge on any atom is 0.331 e. The summed E-state index contributed by atoms with van der Waals surface area (Å²) in [5, 5.41) is 29.4. The Labute approximate surface area is 105 Å². The maximum atomic E-state index is 11.8. The van der Waals surface area contributed by atoms with Gasteiger partial charge in [-0.3, -0.25) is 5.32 Å². The maximum absolute atomic E-state index is 11.8. The number of nitrogens with one attached hydrogen (secondary N) is 1. The van der Waals surface area contributed by atoms with Crippen LogP contribution >= 0.6 is 0 Å². The quantitative estimate of drug-likeness (QED) is 0.368. The Morgan fingerprint density at radius 3 is 2.28 bits per heavy atom. The van der Waals surface area contributed by atoms with Crippen molar-refractivity contribution in [3.8, 4) is 0 Å². The van der Waals surface area contributed by atoms with Crippen molar-refractivity contribution in [2.24, 2.45) is 0 Å². The van der Waals surface area contributed by atoms with Crippen LogP contribution in [0.25, 0.3) is 0 Å². The molecule has 0 bridgehead atoms. The van der Waals surface area contributed by atoms with Crippen LogP contribution in [0.3, 0.4) is 0 Å². The van der Waals surface area contributed by atoms with Gasteiger partial charge >= 0.3 is 5.97 Å². The molecule has 18 heavy (non-hydrogen) atoms. The van der Waals surface area contributed by atoms with E-state index in [9.17, 15) is 4.79 Å². The van der Waals surface area contributed by atoms with E-state index in [4.69, 9.17) is 20.1 Å². The lowest BCUT2D eigenvalue weighted by atomic mass is 10.0. The van der Waals surface area contributed by atoms with Gasteiger partial charge in [-0.05, 0) is 5.56 Å². The Kier molecular flexibility index (Phi) is 5.73. The zero-order chi connectivity index (χ0) is 13.4. The molecule has 6 nitrogen and oxygen atoms in total. The Balaban J connectivity index is 2.62. The van der Waals surface area contributed by atoms with E-state index in [1.807, 2.05) is 6.07 Å². The highest BCUT2D eigenvalue weighted by Gasteiger charge is 2.38. The second-order valence-electron chi connectivity index (χ2n) is 3.79. The van der Waals surface area contributed by atoms with Crippen LogP contribution in [0.15, 0.2) is 30.3 Å². The first-order chi connectivity index (χ1) is 8.68. The van der Waals surface area contributed by atoms with Gasteiger partial charge in [0.1, 0.15) is 6.61 Å². The smallest absolute Gasteiger partial charge is 0.331 e. The van der Waals surface area contributed by atoms with Gasteiger partial charge in [0.15, 0.2) is 5.54 Å². The van der Waals surface area contributed by atoms with Crippen LogP contribution in [0.5, 0.6) is 0 Å². The first-order valence-corrected chi connectivity index (χ1v) is 5.47. The third kappa shape index (κ3) is 3.51. The number of esters is 1. The number of carbonyl (C=O) groups is 1. The lowest BCUT2D eigenvalue weighted by Gasteiger charge is -2.27. The summed E-state index contributed by atoms with van der Waals surface area (Å²) in [6.45, 7) is -1.86. The SMILES string of the molecule is O=C(OCc1ccccc1)C(CO)(CO)NCO. The van der Waals surface area contributed by atoms with Crippen LogP contribution in [0.2, 0.25) is 0 Å². The highest BCUT2D eigenvalue weighted by Crippen LogP contribution is 2.09. The van der Waals surface area contributed by atoms with Gasteiger partial charge < -0.3 is 20.1 Å². The van der Waals surface area contributed by atoms with Gasteiger partial charge in [-0.25, -0.2) is 4.79 Å². The average Bonchev–Trinajstić information content (AvgIpc) is 2.43. The summed E-state index contributed by atoms with van der Waals surface area (Å²) in [6.07, 6.45) is 0. The molecule has 0 saturated heterocycles. The van der Waals surface area contributed by atoms with Crippen molar-refractivity contribution in [1.82, 2.24) is 5.32 Å². The summed E-state index contributed by atoms with van der Waals surface area (Å²) in [4.78, 5) is 11.8.